The minimum Gasteiger partial charge on any atom is -0.508 e. The van der Waals surface area contributed by atoms with Crippen LogP contribution in [0.1, 0.15) is 79.2 Å². The topological polar surface area (TPSA) is 365 Å². The summed E-state index contributed by atoms with van der Waals surface area (Å²) in [6.45, 7) is 9.31. The maximum absolute atomic E-state index is 13.6. The van der Waals surface area contributed by atoms with Crippen LogP contribution in [0.2, 0.25) is 0 Å². The highest BCUT2D eigenvalue weighted by Crippen LogP contribution is 2.14. The van der Waals surface area contributed by atoms with Crippen LogP contribution in [0.4, 0.5) is 0 Å². The quantitative estimate of drug-likeness (QED) is 0.0447. The zero-order valence-electron chi connectivity index (χ0n) is 34.3. The number of phenolic OH excluding ortho intramolecular Hbond substituents is 1. The fraction of sp³-hybridized carbons (Fsp3) is 0.605. The Kier molecular flexibility index (Phi) is 21.5. The summed E-state index contributed by atoms with van der Waals surface area (Å²) in [6, 6.07) is -4.10. The number of hydrogen-bond donors (Lipinski definition) is 12. The zero-order chi connectivity index (χ0) is 45.1. The summed E-state index contributed by atoms with van der Waals surface area (Å²) in [6.07, 6.45) is -0.962. The first-order valence-corrected chi connectivity index (χ1v) is 19.2. The number of carbonyl (C=O) groups excluding carboxylic acids is 8. The van der Waals surface area contributed by atoms with E-state index in [1.165, 1.54) is 12.1 Å². The number of carboxylic acid groups (broad SMARTS) is 1. The molecule has 1 aromatic rings. The van der Waals surface area contributed by atoms with Gasteiger partial charge in [-0.15, -0.1) is 0 Å². The molecule has 21 nitrogen and oxygen atoms in total. The molecule has 0 aliphatic rings. The standard InChI is InChI=1S/C38H61N9O12/c1-7-20(6)31(37(57)44-25(13-19(4)5)34(54)45-27(38(58)59)16-30(41)51)47-36(56)28(17-48)46-35(55)26(15-29(40)50)43-33(53)24(12-18(2)3)42-32(52)23(39)14-21-8-10-22(49)11-9-21/h8-11,18-20,23-28,31,48-49H,7,12-17,39H2,1-6H3,(H2,40,50)(H2,41,51)(H,42,52)(H,43,53)(H,44,57)(H,45,54)(H,46,55)(H,47,56)(H,58,59)/t20-,23-,24-,25-,26-,27-,28-,31-/m0/s1. The van der Waals surface area contributed by atoms with Crippen LogP contribution in [-0.2, 0) is 49.6 Å². The predicted molar refractivity (Wildman–Crippen MR) is 212 cm³/mol. The van der Waals surface area contributed by atoms with Crippen molar-refractivity contribution in [3.05, 3.63) is 29.8 Å². The number of nitrogens with one attached hydrogen (secondary N) is 6. The van der Waals surface area contributed by atoms with Crippen molar-refractivity contribution in [2.24, 2.45) is 35.0 Å². The number of hydrogen-bond acceptors (Lipinski definition) is 12. The number of primary amides is 2. The highest BCUT2D eigenvalue weighted by atomic mass is 16.4. The number of benzene rings is 1. The van der Waals surface area contributed by atoms with Crippen molar-refractivity contribution in [1.29, 1.82) is 0 Å². The zero-order valence-corrected chi connectivity index (χ0v) is 34.3. The first-order chi connectivity index (χ1) is 27.5. The van der Waals surface area contributed by atoms with E-state index < -0.39 is 121 Å². The average Bonchev–Trinajstić information content (AvgIpc) is 3.14. The van der Waals surface area contributed by atoms with E-state index in [1.54, 1.807) is 53.7 Å². The van der Waals surface area contributed by atoms with Gasteiger partial charge in [0.15, 0.2) is 0 Å². The Bertz CT molecular complexity index is 1640. The van der Waals surface area contributed by atoms with Gasteiger partial charge in [0.25, 0.3) is 0 Å². The molecule has 0 aliphatic carbocycles. The number of carboxylic acids is 1. The molecule has 0 heterocycles. The summed E-state index contributed by atoms with van der Waals surface area (Å²) in [4.78, 5) is 115. The number of phenols is 1. The van der Waals surface area contributed by atoms with Gasteiger partial charge in [0.1, 0.15) is 42.0 Å². The minimum absolute atomic E-state index is 0.0214. The number of aliphatic hydroxyl groups is 1. The van der Waals surface area contributed by atoms with E-state index in [0.717, 1.165) is 0 Å². The van der Waals surface area contributed by atoms with Gasteiger partial charge in [0.2, 0.25) is 47.3 Å². The number of rotatable bonds is 26. The van der Waals surface area contributed by atoms with Gasteiger partial charge >= 0.3 is 5.97 Å². The van der Waals surface area contributed by atoms with E-state index in [-0.39, 0.29) is 36.8 Å². The minimum atomic E-state index is -1.74. The molecule has 0 spiro atoms. The number of carbonyl (C=O) groups is 9. The fourth-order valence-electron chi connectivity index (χ4n) is 5.70. The van der Waals surface area contributed by atoms with Crippen LogP contribution in [0.5, 0.6) is 5.75 Å². The van der Waals surface area contributed by atoms with Crippen LogP contribution in [0.15, 0.2) is 24.3 Å². The van der Waals surface area contributed by atoms with Gasteiger partial charge in [-0.1, -0.05) is 60.1 Å². The molecule has 0 saturated heterocycles. The molecule has 21 heteroatoms. The Balaban J connectivity index is 3.21. The molecule has 8 atom stereocenters. The van der Waals surface area contributed by atoms with Crippen LogP contribution < -0.4 is 49.1 Å². The molecule has 1 aromatic carbocycles. The third-order valence-electron chi connectivity index (χ3n) is 9.08. The summed E-state index contributed by atoms with van der Waals surface area (Å²) in [7, 11) is 0. The van der Waals surface area contributed by atoms with E-state index in [0.29, 0.717) is 12.0 Å². The van der Waals surface area contributed by atoms with E-state index in [9.17, 15) is 58.5 Å². The van der Waals surface area contributed by atoms with E-state index in [1.807, 2.05) is 0 Å². The smallest absolute Gasteiger partial charge is 0.326 e. The van der Waals surface area contributed by atoms with Gasteiger partial charge < -0.3 is 64.4 Å². The monoisotopic (exact) mass is 835 g/mol. The summed E-state index contributed by atoms with van der Waals surface area (Å²) >= 11 is 0. The maximum atomic E-state index is 13.6. The van der Waals surface area contributed by atoms with Gasteiger partial charge in [-0.2, -0.15) is 0 Å². The fourth-order valence-corrected chi connectivity index (χ4v) is 5.70. The largest absolute Gasteiger partial charge is 0.508 e. The Labute approximate surface area is 342 Å². The molecule has 0 aromatic heterocycles. The Morgan fingerprint density at radius 1 is 0.593 bits per heavy atom. The van der Waals surface area contributed by atoms with Crippen LogP contribution in [0.25, 0.3) is 0 Å². The lowest BCUT2D eigenvalue weighted by Crippen LogP contribution is -2.61. The molecular formula is C38H61N9O12. The Hall–Kier alpha value is -5.83. The Morgan fingerprint density at radius 3 is 1.44 bits per heavy atom. The lowest BCUT2D eigenvalue weighted by Gasteiger charge is -2.29. The Morgan fingerprint density at radius 2 is 1.00 bits per heavy atom. The number of aliphatic hydroxyl groups excluding tert-OH is 1. The molecule has 15 N–H and O–H groups in total. The normalized spacial score (nSPS) is 15.2. The lowest BCUT2D eigenvalue weighted by atomic mass is 9.96. The predicted octanol–water partition coefficient (Wildman–Crippen LogP) is -2.86. The van der Waals surface area contributed by atoms with Crippen molar-refractivity contribution in [2.45, 2.75) is 122 Å². The second-order valence-corrected chi connectivity index (χ2v) is 15.3. The summed E-state index contributed by atoms with van der Waals surface area (Å²) < 4.78 is 0. The van der Waals surface area contributed by atoms with Crippen molar-refractivity contribution < 1.29 is 58.5 Å². The molecule has 0 fully saturated rings. The van der Waals surface area contributed by atoms with Crippen molar-refractivity contribution in [3.63, 3.8) is 0 Å². The summed E-state index contributed by atoms with van der Waals surface area (Å²) in [5, 5.41) is 43.4. The van der Waals surface area contributed by atoms with E-state index in [4.69, 9.17) is 17.2 Å². The maximum Gasteiger partial charge on any atom is 0.326 e. The van der Waals surface area contributed by atoms with Crippen molar-refractivity contribution in [3.8, 4) is 5.75 Å². The summed E-state index contributed by atoms with van der Waals surface area (Å²) in [5.74, 6) is -10.0. The van der Waals surface area contributed by atoms with Crippen molar-refractivity contribution in [1.82, 2.24) is 31.9 Å². The number of aliphatic carboxylic acids is 1. The first kappa shape index (κ1) is 51.2. The molecule has 1 rings (SSSR count). The SMILES string of the molecule is CC[C@H](C)[C@H](NC(=O)[C@H](CO)NC(=O)[C@H](CC(N)=O)NC(=O)[C@H](CC(C)C)NC(=O)[C@@H](N)Cc1ccc(O)cc1)C(=O)N[C@@H](CC(C)C)C(=O)N[C@@H](CC(N)=O)C(=O)O. The number of aromatic hydroxyl groups is 1. The highest BCUT2D eigenvalue weighted by molar-refractivity contribution is 5.98. The van der Waals surface area contributed by atoms with Crippen molar-refractivity contribution in [2.75, 3.05) is 6.61 Å². The van der Waals surface area contributed by atoms with Gasteiger partial charge in [0, 0.05) is 0 Å². The van der Waals surface area contributed by atoms with Crippen LogP contribution in [0.3, 0.4) is 0 Å². The lowest BCUT2D eigenvalue weighted by molar-refractivity contribution is -0.144. The van der Waals surface area contributed by atoms with Crippen LogP contribution in [0, 0.1) is 17.8 Å². The molecule has 8 amide bonds. The molecule has 0 aliphatic heterocycles. The first-order valence-electron chi connectivity index (χ1n) is 19.2. The van der Waals surface area contributed by atoms with Gasteiger partial charge in [-0.05, 0) is 54.7 Å². The number of amides is 8. The second kappa shape index (κ2) is 24.8. The molecule has 0 unspecified atom stereocenters. The molecule has 0 radical (unpaired) electrons. The van der Waals surface area contributed by atoms with Gasteiger partial charge in [-0.3, -0.25) is 38.4 Å². The third-order valence-corrected chi connectivity index (χ3v) is 9.08. The van der Waals surface area contributed by atoms with Crippen LogP contribution in [-0.4, -0.2) is 117 Å². The average molecular weight is 836 g/mol. The molecular weight excluding hydrogens is 774 g/mol. The van der Waals surface area contributed by atoms with E-state index >= 15 is 0 Å². The summed E-state index contributed by atoms with van der Waals surface area (Å²) in [5.41, 5.74) is 17.2. The molecule has 59 heavy (non-hydrogen) atoms. The van der Waals surface area contributed by atoms with Gasteiger partial charge in [0.05, 0.1) is 25.5 Å². The molecule has 0 bridgehead atoms. The van der Waals surface area contributed by atoms with Gasteiger partial charge in [-0.25, -0.2) is 4.79 Å². The highest BCUT2D eigenvalue weighted by Gasteiger charge is 2.36. The van der Waals surface area contributed by atoms with E-state index in [2.05, 4.69) is 31.9 Å². The second-order valence-electron chi connectivity index (χ2n) is 15.3. The molecule has 330 valence electrons. The van der Waals surface area contributed by atoms with Crippen LogP contribution >= 0.6 is 0 Å². The van der Waals surface area contributed by atoms with Crippen molar-refractivity contribution >= 4 is 53.2 Å². The third kappa shape index (κ3) is 18.5. The molecule has 0 saturated carbocycles. The number of nitrogens with two attached hydrogens (primary N) is 3.